The second kappa shape index (κ2) is 4.15. The fourth-order valence-corrected chi connectivity index (χ4v) is 2.16. The summed E-state index contributed by atoms with van der Waals surface area (Å²) < 4.78 is 10.9. The second-order valence-electron chi connectivity index (χ2n) is 4.49. The van der Waals surface area contributed by atoms with Gasteiger partial charge in [-0.15, -0.1) is 0 Å². The maximum absolute atomic E-state index is 9.35. The molecule has 0 saturated carbocycles. The van der Waals surface area contributed by atoms with Crippen LogP contribution in [0.2, 0.25) is 5.02 Å². The van der Waals surface area contributed by atoms with Gasteiger partial charge in [0.1, 0.15) is 13.2 Å². The summed E-state index contributed by atoms with van der Waals surface area (Å²) in [5, 5.41) is 9.88. The highest BCUT2D eigenvalue weighted by atomic mass is 35.5. The van der Waals surface area contributed by atoms with Crippen molar-refractivity contribution < 1.29 is 14.6 Å². The number of hydrogen-bond acceptors (Lipinski definition) is 3. The molecule has 3 nitrogen and oxygen atoms in total. The van der Waals surface area contributed by atoms with Crippen LogP contribution < -0.4 is 9.47 Å². The Balaban J connectivity index is 2.50. The Hall–Kier alpha value is -0.930. The predicted molar refractivity (Wildman–Crippen MR) is 62.6 cm³/mol. The van der Waals surface area contributed by atoms with E-state index < -0.39 is 0 Å². The lowest BCUT2D eigenvalue weighted by molar-refractivity contribution is 0.170. The monoisotopic (exact) mass is 242 g/mol. The number of aliphatic hydroxyl groups is 1. The van der Waals surface area contributed by atoms with Crippen LogP contribution in [0.15, 0.2) is 12.1 Å². The van der Waals surface area contributed by atoms with Gasteiger partial charge in [-0.3, -0.25) is 0 Å². The van der Waals surface area contributed by atoms with Gasteiger partial charge < -0.3 is 14.6 Å². The van der Waals surface area contributed by atoms with Crippen LogP contribution in [0.4, 0.5) is 0 Å². The van der Waals surface area contributed by atoms with E-state index in [1.165, 1.54) is 0 Å². The quantitative estimate of drug-likeness (QED) is 0.866. The molecular weight excluding hydrogens is 228 g/mol. The molecule has 4 heteroatoms. The summed E-state index contributed by atoms with van der Waals surface area (Å²) in [6.45, 7) is 4.96. The van der Waals surface area contributed by atoms with Crippen molar-refractivity contribution in [2.75, 3.05) is 19.8 Å². The van der Waals surface area contributed by atoms with Crippen molar-refractivity contribution >= 4 is 11.6 Å². The minimum Gasteiger partial charge on any atom is -0.486 e. The van der Waals surface area contributed by atoms with Gasteiger partial charge >= 0.3 is 0 Å². The van der Waals surface area contributed by atoms with Crippen LogP contribution in [-0.4, -0.2) is 24.9 Å². The maximum atomic E-state index is 9.35. The summed E-state index contributed by atoms with van der Waals surface area (Å²) in [5.74, 6) is 1.26. The van der Waals surface area contributed by atoms with Crippen molar-refractivity contribution in [1.82, 2.24) is 0 Å². The Bertz CT molecular complexity index is 401. The molecule has 0 saturated heterocycles. The van der Waals surface area contributed by atoms with Gasteiger partial charge in [-0.2, -0.15) is 0 Å². The smallest absolute Gasteiger partial charge is 0.180 e. The Kier molecular flexibility index (Phi) is 3.00. The molecule has 2 rings (SSSR count). The van der Waals surface area contributed by atoms with Crippen molar-refractivity contribution in [3.05, 3.63) is 22.7 Å². The zero-order valence-electron chi connectivity index (χ0n) is 9.42. The number of ether oxygens (including phenoxy) is 2. The first-order chi connectivity index (χ1) is 7.56. The topological polar surface area (TPSA) is 38.7 Å². The first kappa shape index (κ1) is 11.6. The van der Waals surface area contributed by atoms with E-state index in [0.717, 1.165) is 5.56 Å². The van der Waals surface area contributed by atoms with Gasteiger partial charge in [0, 0.05) is 5.41 Å². The lowest BCUT2D eigenvalue weighted by atomic mass is 9.85. The molecule has 0 fully saturated rings. The predicted octanol–water partition coefficient (Wildman–Crippen LogP) is 2.38. The first-order valence-corrected chi connectivity index (χ1v) is 5.63. The minimum absolute atomic E-state index is 0.0341. The summed E-state index contributed by atoms with van der Waals surface area (Å²) in [4.78, 5) is 0. The molecule has 0 unspecified atom stereocenters. The number of fused-ring (bicyclic) bond motifs is 1. The van der Waals surface area contributed by atoms with Gasteiger partial charge in [-0.05, 0) is 11.6 Å². The van der Waals surface area contributed by atoms with Crippen molar-refractivity contribution in [2.24, 2.45) is 0 Å². The van der Waals surface area contributed by atoms with Crippen LogP contribution in [0.3, 0.4) is 0 Å². The Labute approximate surface area is 99.9 Å². The molecule has 88 valence electrons. The molecule has 0 radical (unpaired) electrons. The first-order valence-electron chi connectivity index (χ1n) is 5.26. The normalized spacial score (nSPS) is 15.0. The SMILES string of the molecule is CC(C)(CO)c1ccc2c(c1Cl)OCCO2. The molecule has 0 aromatic heterocycles. The fourth-order valence-electron chi connectivity index (χ4n) is 1.69. The van der Waals surface area contributed by atoms with Crippen molar-refractivity contribution in [3.63, 3.8) is 0 Å². The van der Waals surface area contributed by atoms with Crippen molar-refractivity contribution in [2.45, 2.75) is 19.3 Å². The average Bonchev–Trinajstić information content (AvgIpc) is 2.29. The van der Waals surface area contributed by atoms with Gasteiger partial charge in [0.05, 0.1) is 11.6 Å². The summed E-state index contributed by atoms with van der Waals surface area (Å²) in [6.07, 6.45) is 0. The largest absolute Gasteiger partial charge is 0.486 e. The highest BCUT2D eigenvalue weighted by Crippen LogP contribution is 2.43. The Morgan fingerprint density at radius 1 is 1.31 bits per heavy atom. The van der Waals surface area contributed by atoms with E-state index in [9.17, 15) is 5.11 Å². The number of halogens is 1. The summed E-state index contributed by atoms with van der Waals surface area (Å²) in [7, 11) is 0. The van der Waals surface area contributed by atoms with E-state index in [4.69, 9.17) is 21.1 Å². The van der Waals surface area contributed by atoms with E-state index in [-0.39, 0.29) is 12.0 Å². The molecule has 16 heavy (non-hydrogen) atoms. The average molecular weight is 243 g/mol. The van der Waals surface area contributed by atoms with E-state index in [0.29, 0.717) is 29.7 Å². The molecule has 0 aliphatic carbocycles. The number of rotatable bonds is 2. The lowest BCUT2D eigenvalue weighted by Gasteiger charge is -2.27. The van der Waals surface area contributed by atoms with Crippen LogP contribution in [0.25, 0.3) is 0 Å². The molecule has 0 bridgehead atoms. The fraction of sp³-hybridized carbons (Fsp3) is 0.500. The van der Waals surface area contributed by atoms with E-state index in [1.807, 2.05) is 26.0 Å². The number of aliphatic hydroxyl groups excluding tert-OH is 1. The summed E-state index contributed by atoms with van der Waals surface area (Å²) in [5.41, 5.74) is 0.494. The van der Waals surface area contributed by atoms with Crippen LogP contribution >= 0.6 is 11.6 Å². The second-order valence-corrected chi connectivity index (χ2v) is 4.87. The molecule has 1 aliphatic rings. The van der Waals surface area contributed by atoms with Crippen molar-refractivity contribution in [3.8, 4) is 11.5 Å². The molecule has 1 aromatic carbocycles. The molecule has 0 spiro atoms. The Morgan fingerprint density at radius 2 is 2.00 bits per heavy atom. The molecular formula is C12H15ClO3. The standard InChI is InChI=1S/C12H15ClO3/c1-12(2,7-14)8-3-4-9-11(10(8)13)16-6-5-15-9/h3-4,14H,5-7H2,1-2H3. The van der Waals surface area contributed by atoms with E-state index in [1.54, 1.807) is 0 Å². The maximum Gasteiger partial charge on any atom is 0.180 e. The van der Waals surface area contributed by atoms with Gasteiger partial charge in [0.2, 0.25) is 0 Å². The number of benzene rings is 1. The minimum atomic E-state index is -0.382. The van der Waals surface area contributed by atoms with E-state index in [2.05, 4.69) is 0 Å². The third-order valence-corrected chi connectivity index (χ3v) is 3.15. The molecule has 0 amide bonds. The van der Waals surface area contributed by atoms with Gasteiger partial charge in [0.15, 0.2) is 11.5 Å². The lowest BCUT2D eigenvalue weighted by Crippen LogP contribution is -2.24. The molecule has 1 heterocycles. The van der Waals surface area contributed by atoms with Gasteiger partial charge in [0.25, 0.3) is 0 Å². The third kappa shape index (κ3) is 1.85. The van der Waals surface area contributed by atoms with Crippen LogP contribution in [0.5, 0.6) is 11.5 Å². The molecule has 1 N–H and O–H groups in total. The van der Waals surface area contributed by atoms with Crippen LogP contribution in [-0.2, 0) is 5.41 Å². The third-order valence-electron chi connectivity index (χ3n) is 2.77. The van der Waals surface area contributed by atoms with Crippen LogP contribution in [0, 0.1) is 0 Å². The summed E-state index contributed by atoms with van der Waals surface area (Å²) in [6, 6.07) is 3.72. The Morgan fingerprint density at radius 3 is 2.69 bits per heavy atom. The highest BCUT2D eigenvalue weighted by molar-refractivity contribution is 6.33. The van der Waals surface area contributed by atoms with E-state index >= 15 is 0 Å². The molecule has 1 aliphatic heterocycles. The zero-order valence-corrected chi connectivity index (χ0v) is 10.2. The molecule has 1 aromatic rings. The zero-order chi connectivity index (χ0) is 11.8. The van der Waals surface area contributed by atoms with Gasteiger partial charge in [-0.25, -0.2) is 0 Å². The summed E-state index contributed by atoms with van der Waals surface area (Å²) >= 11 is 6.27. The highest BCUT2D eigenvalue weighted by Gasteiger charge is 2.27. The van der Waals surface area contributed by atoms with Crippen LogP contribution in [0.1, 0.15) is 19.4 Å². The number of hydrogen-bond donors (Lipinski definition) is 1. The molecule has 0 atom stereocenters. The van der Waals surface area contributed by atoms with Crippen molar-refractivity contribution in [1.29, 1.82) is 0 Å². The van der Waals surface area contributed by atoms with Gasteiger partial charge in [-0.1, -0.05) is 31.5 Å².